The van der Waals surface area contributed by atoms with E-state index in [2.05, 4.69) is 31.9 Å². The number of aromatic nitrogens is 3. The Bertz CT molecular complexity index is 958. The summed E-state index contributed by atoms with van der Waals surface area (Å²) in [7, 11) is -3.34. The van der Waals surface area contributed by atoms with Gasteiger partial charge in [-0.2, -0.15) is 0 Å². The Labute approximate surface area is 180 Å². The van der Waals surface area contributed by atoms with Crippen molar-refractivity contribution < 1.29 is 8.42 Å². The van der Waals surface area contributed by atoms with Crippen molar-refractivity contribution in [3.8, 4) is 0 Å². The molecule has 164 valence electrons. The van der Waals surface area contributed by atoms with Crippen molar-refractivity contribution in [1.29, 1.82) is 0 Å². The molecule has 0 atom stereocenters. The van der Waals surface area contributed by atoms with Crippen molar-refractivity contribution >= 4 is 15.7 Å². The average molecular weight is 432 g/mol. The highest BCUT2D eigenvalue weighted by Crippen LogP contribution is 2.27. The molecule has 2 fully saturated rings. The van der Waals surface area contributed by atoms with E-state index in [4.69, 9.17) is 0 Å². The van der Waals surface area contributed by atoms with E-state index in [0.717, 1.165) is 56.5 Å². The summed E-state index contributed by atoms with van der Waals surface area (Å²) < 4.78 is 26.6. The van der Waals surface area contributed by atoms with Crippen LogP contribution in [0.1, 0.15) is 43.5 Å². The van der Waals surface area contributed by atoms with Crippen LogP contribution < -0.4 is 4.90 Å². The van der Waals surface area contributed by atoms with E-state index in [1.807, 2.05) is 17.6 Å². The number of hydrogen-bond donors (Lipinski definition) is 0. The molecule has 0 N–H and O–H groups in total. The number of nitrogens with zero attached hydrogens (tertiary/aromatic N) is 5. The quantitative estimate of drug-likeness (QED) is 0.700. The molecular weight excluding hydrogens is 398 g/mol. The molecule has 0 aromatic carbocycles. The van der Waals surface area contributed by atoms with Crippen molar-refractivity contribution in [2.75, 3.05) is 37.3 Å². The lowest BCUT2D eigenvalue weighted by molar-refractivity contribution is 0.236. The van der Waals surface area contributed by atoms with Gasteiger partial charge < -0.3 is 9.47 Å². The van der Waals surface area contributed by atoms with Gasteiger partial charge in [0.15, 0.2) is 0 Å². The Morgan fingerprint density at radius 2 is 1.80 bits per heavy atom. The second-order valence-electron chi connectivity index (χ2n) is 8.82. The molecule has 4 rings (SSSR count). The fourth-order valence-corrected chi connectivity index (χ4v) is 5.54. The van der Waals surface area contributed by atoms with Crippen molar-refractivity contribution in [1.82, 2.24) is 19.4 Å². The largest absolute Gasteiger partial charge is 0.354 e. The van der Waals surface area contributed by atoms with Crippen molar-refractivity contribution in [3.63, 3.8) is 0 Å². The van der Waals surface area contributed by atoms with Gasteiger partial charge in [0.2, 0.25) is 15.0 Å². The third kappa shape index (κ3) is 5.03. The van der Waals surface area contributed by atoms with Gasteiger partial charge in [-0.25, -0.2) is 18.4 Å². The number of sulfone groups is 1. The average Bonchev–Trinajstić information content (AvgIpc) is 3.12. The molecule has 30 heavy (non-hydrogen) atoms. The molecule has 7 nitrogen and oxygen atoms in total. The number of anilines is 1. The Hall–Kier alpha value is -1.93. The summed E-state index contributed by atoms with van der Waals surface area (Å²) in [5.41, 5.74) is 2.05. The van der Waals surface area contributed by atoms with Crippen LogP contribution in [0.3, 0.4) is 0 Å². The Morgan fingerprint density at radius 3 is 2.47 bits per heavy atom. The number of rotatable bonds is 6. The van der Waals surface area contributed by atoms with Gasteiger partial charge in [-0.05, 0) is 37.8 Å². The lowest BCUT2D eigenvalue weighted by Gasteiger charge is -2.35. The summed E-state index contributed by atoms with van der Waals surface area (Å²) in [4.78, 5) is 13.7. The lowest BCUT2D eigenvalue weighted by atomic mass is 9.89. The number of piperazine rings is 1. The van der Waals surface area contributed by atoms with Crippen LogP contribution in [0, 0.1) is 12.8 Å². The second kappa shape index (κ2) is 9.06. The maximum absolute atomic E-state index is 12.3. The molecule has 8 heteroatoms. The monoisotopic (exact) mass is 431 g/mol. The first kappa shape index (κ1) is 21.3. The Kier molecular flexibility index (Phi) is 6.43. The first-order valence-electron chi connectivity index (χ1n) is 11.1. The summed E-state index contributed by atoms with van der Waals surface area (Å²) in [5.74, 6) is 1.59. The molecule has 1 saturated heterocycles. The van der Waals surface area contributed by atoms with E-state index in [-0.39, 0.29) is 5.16 Å². The van der Waals surface area contributed by atoms with Gasteiger partial charge in [-0.15, -0.1) is 0 Å². The minimum absolute atomic E-state index is 0.227. The van der Waals surface area contributed by atoms with Gasteiger partial charge in [0.1, 0.15) is 5.82 Å². The molecule has 0 amide bonds. The van der Waals surface area contributed by atoms with Gasteiger partial charge in [0.25, 0.3) is 0 Å². The van der Waals surface area contributed by atoms with Gasteiger partial charge in [-0.1, -0.05) is 25.3 Å². The van der Waals surface area contributed by atoms with E-state index < -0.39 is 9.84 Å². The molecule has 1 saturated carbocycles. The fraction of sp³-hybridized carbons (Fsp3) is 0.636. The predicted octanol–water partition coefficient (Wildman–Crippen LogP) is 2.89. The molecule has 1 aliphatic carbocycles. The van der Waals surface area contributed by atoms with E-state index in [9.17, 15) is 8.42 Å². The fourth-order valence-electron chi connectivity index (χ4n) is 4.71. The number of hydrogen-bond acceptors (Lipinski definition) is 6. The van der Waals surface area contributed by atoms with Crippen LogP contribution in [0.2, 0.25) is 0 Å². The third-order valence-corrected chi connectivity index (χ3v) is 7.34. The SMILES string of the molecule is Cc1cccc(N2CCN(Cc3cnc(S(C)(=O)=O)n3CC3CCCCC3)CC2)n1. The third-order valence-electron chi connectivity index (χ3n) is 6.35. The number of aryl methyl sites for hydroxylation is 1. The zero-order valence-electron chi connectivity index (χ0n) is 18.1. The second-order valence-corrected chi connectivity index (χ2v) is 10.7. The highest BCUT2D eigenvalue weighted by Gasteiger charge is 2.25. The van der Waals surface area contributed by atoms with Crippen LogP contribution in [-0.4, -0.2) is 60.3 Å². The molecular formula is C22H33N5O2S. The summed E-state index contributed by atoms with van der Waals surface area (Å²) in [6.07, 6.45) is 9.20. The zero-order chi connectivity index (χ0) is 21.1. The smallest absolute Gasteiger partial charge is 0.227 e. The summed E-state index contributed by atoms with van der Waals surface area (Å²) in [6.45, 7) is 7.23. The molecule has 2 aromatic heterocycles. The van der Waals surface area contributed by atoms with E-state index in [1.165, 1.54) is 38.4 Å². The van der Waals surface area contributed by atoms with Crippen LogP contribution in [-0.2, 0) is 22.9 Å². The Morgan fingerprint density at radius 1 is 1.07 bits per heavy atom. The van der Waals surface area contributed by atoms with Crippen LogP contribution in [0.4, 0.5) is 5.82 Å². The molecule has 2 aliphatic rings. The van der Waals surface area contributed by atoms with E-state index in [1.54, 1.807) is 6.20 Å². The van der Waals surface area contributed by atoms with Gasteiger partial charge in [0, 0.05) is 51.2 Å². The minimum Gasteiger partial charge on any atom is -0.354 e. The van der Waals surface area contributed by atoms with Crippen LogP contribution >= 0.6 is 0 Å². The maximum Gasteiger partial charge on any atom is 0.227 e. The maximum atomic E-state index is 12.3. The van der Waals surface area contributed by atoms with Crippen molar-refractivity contribution in [3.05, 3.63) is 35.8 Å². The van der Waals surface area contributed by atoms with Crippen molar-refractivity contribution in [2.45, 2.75) is 57.3 Å². The molecule has 1 aliphatic heterocycles. The number of pyridine rings is 1. The summed E-state index contributed by atoms with van der Waals surface area (Å²) >= 11 is 0. The molecule has 0 radical (unpaired) electrons. The summed E-state index contributed by atoms with van der Waals surface area (Å²) in [6, 6.07) is 6.15. The topological polar surface area (TPSA) is 71.3 Å². The summed E-state index contributed by atoms with van der Waals surface area (Å²) in [5, 5.41) is 0.227. The molecule has 0 bridgehead atoms. The van der Waals surface area contributed by atoms with E-state index >= 15 is 0 Å². The lowest BCUT2D eigenvalue weighted by Crippen LogP contribution is -2.46. The predicted molar refractivity (Wildman–Crippen MR) is 118 cm³/mol. The first-order chi connectivity index (χ1) is 14.4. The highest BCUT2D eigenvalue weighted by molar-refractivity contribution is 7.90. The minimum atomic E-state index is -3.34. The van der Waals surface area contributed by atoms with Gasteiger partial charge in [-0.3, -0.25) is 4.90 Å². The first-order valence-corrected chi connectivity index (χ1v) is 12.9. The molecule has 0 spiro atoms. The zero-order valence-corrected chi connectivity index (χ0v) is 18.9. The number of imidazole rings is 1. The molecule has 2 aromatic rings. The van der Waals surface area contributed by atoms with Crippen LogP contribution in [0.25, 0.3) is 0 Å². The van der Waals surface area contributed by atoms with Crippen LogP contribution in [0.15, 0.2) is 29.6 Å². The van der Waals surface area contributed by atoms with E-state index in [0.29, 0.717) is 5.92 Å². The molecule has 0 unspecified atom stereocenters. The molecule has 3 heterocycles. The Balaban J connectivity index is 1.44. The van der Waals surface area contributed by atoms with Crippen molar-refractivity contribution in [2.24, 2.45) is 5.92 Å². The van der Waals surface area contributed by atoms with Crippen LogP contribution in [0.5, 0.6) is 0 Å². The standard InChI is InChI=1S/C22H33N5O2S/c1-18-7-6-10-21(24-18)26-13-11-25(12-14-26)17-20-15-23-22(30(2,28)29)27(20)16-19-8-4-3-5-9-19/h6-7,10,15,19H,3-5,8-9,11-14,16-17H2,1-2H3. The normalized spacial score (nSPS) is 19.3. The highest BCUT2D eigenvalue weighted by atomic mass is 32.2. The van der Waals surface area contributed by atoms with Gasteiger partial charge in [0.05, 0.1) is 11.9 Å². The van der Waals surface area contributed by atoms with Gasteiger partial charge >= 0.3 is 0 Å².